The molecule has 1 heteroatoms. The second-order valence-electron chi connectivity index (χ2n) is 6.60. The molecule has 1 saturated carbocycles. The maximum atomic E-state index is 8.86. The molecule has 108 valence electrons. The molecular formula is C20H23N. The number of hydrogen-bond donors (Lipinski definition) is 0. The highest BCUT2D eigenvalue weighted by Gasteiger charge is 2.22. The van der Waals surface area contributed by atoms with Gasteiger partial charge in [-0.2, -0.15) is 5.26 Å². The first-order chi connectivity index (χ1) is 10.3. The van der Waals surface area contributed by atoms with Crippen LogP contribution < -0.4 is 0 Å². The highest BCUT2D eigenvalue weighted by atomic mass is 14.3. The van der Waals surface area contributed by atoms with Crippen molar-refractivity contribution >= 4 is 0 Å². The molecule has 21 heavy (non-hydrogen) atoms. The number of nitrogens with zero attached hydrogens (tertiary/aromatic N) is 1. The van der Waals surface area contributed by atoms with Gasteiger partial charge in [-0.3, -0.25) is 0 Å². The van der Waals surface area contributed by atoms with E-state index < -0.39 is 0 Å². The van der Waals surface area contributed by atoms with E-state index >= 15 is 0 Å². The second-order valence-corrected chi connectivity index (χ2v) is 6.60. The fourth-order valence-electron chi connectivity index (χ4n) is 3.59. The normalized spacial score (nSPS) is 28.8. The molecule has 0 bridgehead atoms. The van der Waals surface area contributed by atoms with Crippen LogP contribution >= 0.6 is 0 Å². The molecular weight excluding hydrogens is 254 g/mol. The maximum absolute atomic E-state index is 8.86. The maximum Gasteiger partial charge on any atom is 0.0991 e. The third-order valence-electron chi connectivity index (χ3n) is 5.08. The lowest BCUT2D eigenvalue weighted by Gasteiger charge is -2.29. The minimum atomic E-state index is 0.476. The molecule has 0 radical (unpaired) electrons. The van der Waals surface area contributed by atoms with Crippen molar-refractivity contribution in [2.24, 2.45) is 11.8 Å². The van der Waals surface area contributed by atoms with Crippen molar-refractivity contribution in [1.29, 1.82) is 5.26 Å². The van der Waals surface area contributed by atoms with Gasteiger partial charge in [0, 0.05) is 5.92 Å². The van der Waals surface area contributed by atoms with Crippen molar-refractivity contribution in [3.8, 4) is 6.07 Å². The topological polar surface area (TPSA) is 23.8 Å². The third kappa shape index (κ3) is 3.27. The van der Waals surface area contributed by atoms with Crippen LogP contribution in [0.2, 0.25) is 0 Å². The Labute approximate surface area is 128 Å². The van der Waals surface area contributed by atoms with E-state index in [2.05, 4.69) is 43.4 Å². The summed E-state index contributed by atoms with van der Waals surface area (Å²) in [5, 5.41) is 8.86. The van der Waals surface area contributed by atoms with Gasteiger partial charge >= 0.3 is 0 Å². The largest absolute Gasteiger partial charge is 0.192 e. The molecule has 1 atom stereocenters. The average molecular weight is 277 g/mol. The van der Waals surface area contributed by atoms with Gasteiger partial charge in [0.2, 0.25) is 0 Å². The van der Waals surface area contributed by atoms with E-state index in [1.165, 1.54) is 31.2 Å². The molecule has 1 aromatic carbocycles. The third-order valence-corrected chi connectivity index (χ3v) is 5.08. The van der Waals surface area contributed by atoms with Gasteiger partial charge in [0.15, 0.2) is 0 Å². The summed E-state index contributed by atoms with van der Waals surface area (Å²) in [4.78, 5) is 0. The zero-order chi connectivity index (χ0) is 14.7. The minimum absolute atomic E-state index is 0.476. The monoisotopic (exact) mass is 277 g/mol. The Morgan fingerprint density at radius 1 is 1.05 bits per heavy atom. The van der Waals surface area contributed by atoms with Crippen molar-refractivity contribution in [3.63, 3.8) is 0 Å². The zero-order valence-electron chi connectivity index (χ0n) is 12.8. The van der Waals surface area contributed by atoms with E-state index in [9.17, 15) is 0 Å². The van der Waals surface area contributed by atoms with Gasteiger partial charge in [-0.1, -0.05) is 50.1 Å². The second kappa shape index (κ2) is 6.31. The van der Waals surface area contributed by atoms with E-state index in [0.29, 0.717) is 5.92 Å². The summed E-state index contributed by atoms with van der Waals surface area (Å²) in [7, 11) is 0. The van der Waals surface area contributed by atoms with E-state index in [1.807, 2.05) is 12.1 Å². The summed E-state index contributed by atoms with van der Waals surface area (Å²) < 4.78 is 0. The van der Waals surface area contributed by atoms with Gasteiger partial charge in [0.1, 0.15) is 0 Å². The van der Waals surface area contributed by atoms with Crippen molar-refractivity contribution in [1.82, 2.24) is 0 Å². The van der Waals surface area contributed by atoms with Crippen LogP contribution in [0.3, 0.4) is 0 Å². The first-order valence-electron chi connectivity index (χ1n) is 8.14. The smallest absolute Gasteiger partial charge is 0.0991 e. The Balaban J connectivity index is 1.64. The van der Waals surface area contributed by atoms with Crippen LogP contribution in [-0.2, 0) is 0 Å². The Morgan fingerprint density at radius 2 is 1.76 bits per heavy atom. The molecule has 0 N–H and O–H groups in total. The van der Waals surface area contributed by atoms with E-state index in [4.69, 9.17) is 5.26 Å². The van der Waals surface area contributed by atoms with Crippen LogP contribution in [0.1, 0.15) is 56.1 Å². The first kappa shape index (κ1) is 14.1. The molecule has 0 aliphatic heterocycles. The van der Waals surface area contributed by atoms with Gasteiger partial charge < -0.3 is 0 Å². The summed E-state index contributed by atoms with van der Waals surface area (Å²) in [6.45, 7) is 2.38. The molecule has 0 heterocycles. The zero-order valence-corrected chi connectivity index (χ0v) is 12.8. The Bertz CT molecular complexity index is 577. The predicted octanol–water partition coefficient (Wildman–Crippen LogP) is 5.35. The molecule has 1 nitrogen and oxygen atoms in total. The summed E-state index contributed by atoms with van der Waals surface area (Å²) in [5.74, 6) is 2.18. The van der Waals surface area contributed by atoms with Gasteiger partial charge in [0.05, 0.1) is 11.6 Å². The van der Waals surface area contributed by atoms with Crippen molar-refractivity contribution in [2.75, 3.05) is 0 Å². The SMILES string of the molecule is CC1CCC(C2=CCC(c3ccc(C#N)cc3)C=C2)CC1. The van der Waals surface area contributed by atoms with E-state index in [-0.39, 0.29) is 0 Å². The molecule has 2 aliphatic carbocycles. The van der Waals surface area contributed by atoms with Crippen LogP contribution in [0.15, 0.2) is 48.1 Å². The lowest BCUT2D eigenvalue weighted by atomic mass is 9.76. The average Bonchev–Trinajstić information content (AvgIpc) is 2.56. The minimum Gasteiger partial charge on any atom is -0.192 e. The highest BCUT2D eigenvalue weighted by molar-refractivity contribution is 5.38. The van der Waals surface area contributed by atoms with Crippen molar-refractivity contribution in [2.45, 2.75) is 44.9 Å². The summed E-state index contributed by atoms with van der Waals surface area (Å²) in [6.07, 6.45) is 13.7. The predicted molar refractivity (Wildman–Crippen MR) is 86.9 cm³/mol. The van der Waals surface area contributed by atoms with Gasteiger partial charge in [-0.05, 0) is 54.4 Å². The Hall–Kier alpha value is -1.81. The number of rotatable bonds is 2. The molecule has 1 unspecified atom stereocenters. The van der Waals surface area contributed by atoms with Gasteiger partial charge in [0.25, 0.3) is 0 Å². The molecule has 0 amide bonds. The first-order valence-corrected chi connectivity index (χ1v) is 8.14. The van der Waals surface area contributed by atoms with Gasteiger partial charge in [-0.15, -0.1) is 0 Å². The molecule has 0 spiro atoms. The fourth-order valence-corrected chi connectivity index (χ4v) is 3.59. The van der Waals surface area contributed by atoms with E-state index in [1.54, 1.807) is 5.57 Å². The number of benzene rings is 1. The Morgan fingerprint density at radius 3 is 2.33 bits per heavy atom. The van der Waals surface area contributed by atoms with E-state index in [0.717, 1.165) is 23.8 Å². The molecule has 0 aromatic heterocycles. The van der Waals surface area contributed by atoms with Gasteiger partial charge in [-0.25, -0.2) is 0 Å². The molecule has 0 saturated heterocycles. The van der Waals surface area contributed by atoms with Crippen LogP contribution in [0.4, 0.5) is 0 Å². The molecule has 2 aliphatic rings. The highest BCUT2D eigenvalue weighted by Crippen LogP contribution is 2.37. The quantitative estimate of drug-likeness (QED) is 0.714. The molecule has 3 rings (SSSR count). The number of allylic oxidation sites excluding steroid dienone is 4. The number of hydrogen-bond acceptors (Lipinski definition) is 1. The fraction of sp³-hybridized carbons (Fsp3) is 0.450. The standard InChI is InChI=1S/C20H23N/c1-15-2-6-17(7-3-15)19-10-12-20(13-11-19)18-8-4-16(14-21)5-9-18/h4-5,8-12,15,17,20H,2-3,6-7,13H2,1H3. The number of nitriles is 1. The lowest BCUT2D eigenvalue weighted by molar-refractivity contribution is 0.322. The summed E-state index contributed by atoms with van der Waals surface area (Å²) >= 11 is 0. The summed E-state index contributed by atoms with van der Waals surface area (Å²) in [5.41, 5.74) is 3.62. The Kier molecular flexibility index (Phi) is 4.25. The molecule has 1 aromatic rings. The van der Waals surface area contributed by atoms with Crippen molar-refractivity contribution < 1.29 is 0 Å². The van der Waals surface area contributed by atoms with Crippen LogP contribution in [0, 0.1) is 23.2 Å². The molecule has 1 fully saturated rings. The van der Waals surface area contributed by atoms with Crippen LogP contribution in [-0.4, -0.2) is 0 Å². The lowest BCUT2D eigenvalue weighted by Crippen LogP contribution is -2.15. The van der Waals surface area contributed by atoms with Crippen molar-refractivity contribution in [3.05, 3.63) is 59.2 Å². The van der Waals surface area contributed by atoms with Crippen LogP contribution in [0.5, 0.6) is 0 Å². The van der Waals surface area contributed by atoms with Crippen LogP contribution in [0.25, 0.3) is 0 Å². The summed E-state index contributed by atoms with van der Waals surface area (Å²) in [6, 6.07) is 10.2.